The van der Waals surface area contributed by atoms with Gasteiger partial charge in [-0.15, -0.1) is 11.8 Å². The van der Waals surface area contributed by atoms with Gasteiger partial charge >= 0.3 is 0 Å². The number of nitriles is 1. The lowest BCUT2D eigenvalue weighted by Gasteiger charge is -2.11. The van der Waals surface area contributed by atoms with E-state index in [4.69, 9.17) is 10.00 Å². The topological polar surface area (TPSA) is 62.1 Å². The minimum Gasteiger partial charge on any atom is -0.482 e. The molecule has 26 heavy (non-hydrogen) atoms. The van der Waals surface area contributed by atoms with Crippen molar-refractivity contribution in [2.45, 2.75) is 10.6 Å². The molecule has 4 nitrogen and oxygen atoms in total. The van der Waals surface area contributed by atoms with Gasteiger partial charge in [0.25, 0.3) is 5.91 Å². The second-order valence-electron chi connectivity index (χ2n) is 5.36. The summed E-state index contributed by atoms with van der Waals surface area (Å²) in [5.74, 6) is 0.995. The number of rotatable bonds is 7. The quantitative estimate of drug-likeness (QED) is 0.590. The summed E-state index contributed by atoms with van der Waals surface area (Å²) in [6, 6.07) is 18.7. The molecule has 1 N–H and O–H groups in total. The molecule has 0 radical (unpaired) electrons. The smallest absolute Gasteiger partial charge is 0.262 e. The van der Waals surface area contributed by atoms with Crippen LogP contribution in [0.2, 0.25) is 0 Å². The highest BCUT2D eigenvalue weighted by atomic mass is 32.2. The number of amides is 1. The van der Waals surface area contributed by atoms with E-state index in [0.717, 1.165) is 16.3 Å². The number of nitrogens with one attached hydrogen (secondary N) is 1. The van der Waals surface area contributed by atoms with Crippen molar-refractivity contribution >= 4 is 34.7 Å². The van der Waals surface area contributed by atoms with Crippen molar-refractivity contribution < 1.29 is 9.53 Å². The molecule has 0 unspecified atom stereocenters. The molecule has 0 bridgehead atoms. The fourth-order valence-electron chi connectivity index (χ4n) is 2.25. The van der Waals surface area contributed by atoms with Crippen molar-refractivity contribution in [1.82, 2.24) is 0 Å². The number of para-hydroxylation sites is 2. The molecule has 0 spiro atoms. The monoisotopic (exact) mass is 380 g/mol. The number of ether oxygens (including phenoxy) is 1. The molecule has 0 aliphatic heterocycles. The third-order valence-corrected chi connectivity index (χ3v) is 5.38. The molecule has 3 aromatic rings. The van der Waals surface area contributed by atoms with Crippen LogP contribution in [0.1, 0.15) is 11.1 Å². The van der Waals surface area contributed by atoms with Crippen LogP contribution in [0.25, 0.3) is 0 Å². The third-order valence-electron chi connectivity index (χ3n) is 3.50. The second kappa shape index (κ2) is 9.09. The number of thiophene rings is 1. The van der Waals surface area contributed by atoms with Crippen molar-refractivity contribution in [1.29, 1.82) is 5.26 Å². The zero-order valence-corrected chi connectivity index (χ0v) is 15.5. The van der Waals surface area contributed by atoms with E-state index in [2.05, 4.69) is 22.1 Å². The van der Waals surface area contributed by atoms with Crippen LogP contribution in [0.15, 0.2) is 70.3 Å². The lowest BCUT2D eigenvalue weighted by atomic mass is 10.2. The summed E-state index contributed by atoms with van der Waals surface area (Å²) in [7, 11) is 0. The number of thioether (sulfide) groups is 1. The van der Waals surface area contributed by atoms with E-state index < -0.39 is 0 Å². The van der Waals surface area contributed by atoms with Gasteiger partial charge < -0.3 is 10.1 Å². The van der Waals surface area contributed by atoms with E-state index in [1.54, 1.807) is 47.4 Å². The predicted molar refractivity (Wildman–Crippen MR) is 106 cm³/mol. The average molecular weight is 380 g/mol. The first kappa shape index (κ1) is 18.1. The molecular formula is C20H16N2O2S2. The Morgan fingerprint density at radius 3 is 2.77 bits per heavy atom. The molecule has 0 saturated heterocycles. The zero-order valence-electron chi connectivity index (χ0n) is 13.8. The molecule has 130 valence electrons. The van der Waals surface area contributed by atoms with Crippen LogP contribution in [0.3, 0.4) is 0 Å². The molecule has 1 heterocycles. The van der Waals surface area contributed by atoms with Gasteiger partial charge in [-0.1, -0.05) is 24.3 Å². The molecule has 0 saturated carbocycles. The first-order valence-electron chi connectivity index (χ1n) is 7.91. The highest BCUT2D eigenvalue weighted by molar-refractivity contribution is 7.98. The number of benzene rings is 2. The maximum Gasteiger partial charge on any atom is 0.262 e. The maximum absolute atomic E-state index is 12.2. The summed E-state index contributed by atoms with van der Waals surface area (Å²) in [4.78, 5) is 13.2. The number of carbonyl (C=O) groups is 1. The van der Waals surface area contributed by atoms with Crippen LogP contribution in [0, 0.1) is 11.3 Å². The standard InChI is InChI=1S/C20H16N2O2S2/c21-11-16-5-1-3-7-18(16)24-12-20(23)22-17-6-2-4-8-19(17)26-14-15-9-10-25-13-15/h1-10,13H,12,14H2,(H,22,23). The Morgan fingerprint density at radius 1 is 1.15 bits per heavy atom. The van der Waals surface area contributed by atoms with Crippen molar-refractivity contribution in [3.63, 3.8) is 0 Å². The minimum atomic E-state index is -0.263. The van der Waals surface area contributed by atoms with E-state index in [1.165, 1.54) is 5.56 Å². The fraction of sp³-hybridized carbons (Fsp3) is 0.100. The Morgan fingerprint density at radius 2 is 1.96 bits per heavy atom. The number of hydrogen-bond acceptors (Lipinski definition) is 5. The number of nitrogens with zero attached hydrogens (tertiary/aromatic N) is 1. The fourth-order valence-corrected chi connectivity index (χ4v) is 3.97. The molecule has 0 aliphatic rings. The van der Waals surface area contributed by atoms with Crippen molar-refractivity contribution in [3.8, 4) is 11.8 Å². The summed E-state index contributed by atoms with van der Waals surface area (Å²) in [5.41, 5.74) is 2.43. The summed E-state index contributed by atoms with van der Waals surface area (Å²) >= 11 is 3.35. The third kappa shape index (κ3) is 4.88. The van der Waals surface area contributed by atoms with Crippen LogP contribution in [-0.2, 0) is 10.5 Å². The number of carbonyl (C=O) groups excluding carboxylic acids is 1. The largest absolute Gasteiger partial charge is 0.482 e. The van der Waals surface area contributed by atoms with Gasteiger partial charge in [-0.05, 0) is 46.7 Å². The first-order valence-corrected chi connectivity index (χ1v) is 9.84. The van der Waals surface area contributed by atoms with E-state index in [-0.39, 0.29) is 12.5 Å². The van der Waals surface area contributed by atoms with Crippen LogP contribution in [0.4, 0.5) is 5.69 Å². The van der Waals surface area contributed by atoms with Gasteiger partial charge in [-0.3, -0.25) is 4.79 Å². The normalized spacial score (nSPS) is 10.1. The van der Waals surface area contributed by atoms with Gasteiger partial charge in [-0.25, -0.2) is 0 Å². The summed E-state index contributed by atoms with van der Waals surface area (Å²) in [6.07, 6.45) is 0. The molecule has 1 aromatic heterocycles. The second-order valence-corrected chi connectivity index (χ2v) is 7.16. The lowest BCUT2D eigenvalue weighted by Crippen LogP contribution is -2.20. The molecule has 1 amide bonds. The van der Waals surface area contributed by atoms with Crippen molar-refractivity contribution in [2.75, 3.05) is 11.9 Å². The van der Waals surface area contributed by atoms with Crippen molar-refractivity contribution in [3.05, 3.63) is 76.5 Å². The highest BCUT2D eigenvalue weighted by Gasteiger charge is 2.10. The van der Waals surface area contributed by atoms with E-state index in [1.807, 2.05) is 30.3 Å². The number of hydrogen-bond donors (Lipinski definition) is 1. The van der Waals surface area contributed by atoms with Crippen LogP contribution >= 0.6 is 23.1 Å². The summed E-state index contributed by atoms with van der Waals surface area (Å²) < 4.78 is 5.48. The predicted octanol–water partition coefficient (Wildman–Crippen LogP) is 4.93. The Kier molecular flexibility index (Phi) is 6.31. The summed E-state index contributed by atoms with van der Waals surface area (Å²) in [5, 5.41) is 16.1. The first-order chi connectivity index (χ1) is 12.8. The summed E-state index contributed by atoms with van der Waals surface area (Å²) in [6.45, 7) is -0.151. The van der Waals surface area contributed by atoms with Gasteiger partial charge in [0.05, 0.1) is 11.3 Å². The van der Waals surface area contributed by atoms with Gasteiger partial charge in [-0.2, -0.15) is 16.6 Å². The molecular weight excluding hydrogens is 364 g/mol. The van der Waals surface area contributed by atoms with Crippen LogP contribution < -0.4 is 10.1 Å². The van der Waals surface area contributed by atoms with Crippen LogP contribution in [-0.4, -0.2) is 12.5 Å². The Bertz CT molecular complexity index is 918. The van der Waals surface area contributed by atoms with Gasteiger partial charge in [0.1, 0.15) is 11.8 Å². The molecule has 0 fully saturated rings. The Hall–Kier alpha value is -2.75. The van der Waals surface area contributed by atoms with Gasteiger partial charge in [0, 0.05) is 10.6 Å². The molecule has 0 atom stereocenters. The average Bonchev–Trinajstić information content (AvgIpc) is 3.19. The lowest BCUT2D eigenvalue weighted by molar-refractivity contribution is -0.118. The highest BCUT2D eigenvalue weighted by Crippen LogP contribution is 2.30. The van der Waals surface area contributed by atoms with Gasteiger partial charge in [0.15, 0.2) is 6.61 Å². The molecule has 3 rings (SSSR count). The molecule has 2 aromatic carbocycles. The maximum atomic E-state index is 12.2. The Balaban J connectivity index is 1.59. The SMILES string of the molecule is N#Cc1ccccc1OCC(=O)Nc1ccccc1SCc1ccsc1. The van der Waals surface area contributed by atoms with Gasteiger partial charge in [0.2, 0.25) is 0 Å². The van der Waals surface area contributed by atoms with E-state index in [0.29, 0.717) is 11.3 Å². The number of anilines is 1. The molecule has 0 aliphatic carbocycles. The Labute approximate surface area is 160 Å². The zero-order chi connectivity index (χ0) is 18.2. The minimum absolute atomic E-state index is 0.151. The molecule has 6 heteroatoms. The van der Waals surface area contributed by atoms with E-state index in [9.17, 15) is 4.79 Å². The van der Waals surface area contributed by atoms with Crippen molar-refractivity contribution in [2.24, 2.45) is 0 Å². The van der Waals surface area contributed by atoms with E-state index >= 15 is 0 Å². The van der Waals surface area contributed by atoms with Crippen LogP contribution in [0.5, 0.6) is 5.75 Å².